The van der Waals surface area contributed by atoms with Gasteiger partial charge in [0.1, 0.15) is 17.2 Å². The Labute approximate surface area is 232 Å². The fourth-order valence-electron chi connectivity index (χ4n) is 4.17. The number of amides is 1. The first kappa shape index (κ1) is 26.3. The van der Waals surface area contributed by atoms with E-state index in [0.29, 0.717) is 22.7 Å². The number of anilines is 1. The molecule has 0 saturated heterocycles. The van der Waals surface area contributed by atoms with Crippen molar-refractivity contribution < 1.29 is 24.2 Å². The number of hydrogen-bond acceptors (Lipinski definition) is 4. The first-order chi connectivity index (χ1) is 19.5. The Morgan fingerprint density at radius 3 is 1.95 bits per heavy atom. The highest BCUT2D eigenvalue weighted by atomic mass is 16.5. The van der Waals surface area contributed by atoms with Crippen molar-refractivity contribution in [3.63, 3.8) is 0 Å². The van der Waals surface area contributed by atoms with Gasteiger partial charge < -0.3 is 19.9 Å². The fourth-order valence-corrected chi connectivity index (χ4v) is 4.17. The molecule has 1 atom stereocenters. The van der Waals surface area contributed by atoms with Crippen LogP contribution < -0.4 is 14.8 Å². The predicted octanol–water partition coefficient (Wildman–Crippen LogP) is 7.47. The molecule has 0 heterocycles. The van der Waals surface area contributed by atoms with Crippen molar-refractivity contribution in [3.05, 3.63) is 145 Å². The van der Waals surface area contributed by atoms with Gasteiger partial charge in [0.25, 0.3) is 5.91 Å². The molecule has 0 spiro atoms. The van der Waals surface area contributed by atoms with Crippen molar-refractivity contribution in [1.82, 2.24) is 0 Å². The molecule has 1 amide bonds. The summed E-state index contributed by atoms with van der Waals surface area (Å²) in [5, 5.41) is 12.6. The second-order valence-electron chi connectivity index (χ2n) is 9.13. The summed E-state index contributed by atoms with van der Waals surface area (Å²) >= 11 is 0. The van der Waals surface area contributed by atoms with E-state index in [4.69, 9.17) is 9.47 Å². The molecule has 0 aliphatic rings. The number of ether oxygens (including phenoxy) is 2. The Bertz CT molecular complexity index is 1570. The number of carboxylic acids is 1. The van der Waals surface area contributed by atoms with Crippen LogP contribution in [-0.2, 0) is 11.2 Å². The molecule has 40 heavy (non-hydrogen) atoms. The van der Waals surface area contributed by atoms with Gasteiger partial charge in [-0.3, -0.25) is 4.79 Å². The molecule has 0 fully saturated rings. The van der Waals surface area contributed by atoms with Gasteiger partial charge in [0.15, 0.2) is 6.10 Å². The van der Waals surface area contributed by atoms with Crippen LogP contribution in [0.5, 0.6) is 17.2 Å². The van der Waals surface area contributed by atoms with E-state index in [2.05, 4.69) is 5.32 Å². The quantitative estimate of drug-likeness (QED) is 0.196. The molecule has 1 unspecified atom stereocenters. The Morgan fingerprint density at radius 1 is 0.650 bits per heavy atom. The Morgan fingerprint density at radius 2 is 1.27 bits per heavy atom. The number of benzene rings is 5. The molecule has 5 aromatic carbocycles. The third-order valence-electron chi connectivity index (χ3n) is 6.22. The average Bonchev–Trinajstić information content (AvgIpc) is 2.99. The van der Waals surface area contributed by atoms with Crippen LogP contribution in [0.1, 0.15) is 15.9 Å². The van der Waals surface area contributed by atoms with Crippen LogP contribution in [0.25, 0.3) is 11.1 Å². The van der Waals surface area contributed by atoms with Crippen molar-refractivity contribution in [1.29, 1.82) is 0 Å². The SMILES string of the molecule is O=C(Nc1ccc(-c2cccc(OC(Cc3ccccc3)C(=O)O)c2)cc1)c1ccc(Oc2ccccc2)cc1. The largest absolute Gasteiger partial charge is 0.478 e. The molecule has 0 saturated carbocycles. The van der Waals surface area contributed by atoms with Crippen molar-refractivity contribution in [2.75, 3.05) is 5.32 Å². The van der Waals surface area contributed by atoms with Crippen molar-refractivity contribution in [2.24, 2.45) is 0 Å². The highest BCUT2D eigenvalue weighted by Gasteiger charge is 2.20. The molecule has 5 aromatic rings. The van der Waals surface area contributed by atoms with E-state index in [9.17, 15) is 14.7 Å². The van der Waals surface area contributed by atoms with E-state index >= 15 is 0 Å². The van der Waals surface area contributed by atoms with Crippen LogP contribution in [0, 0.1) is 0 Å². The summed E-state index contributed by atoms with van der Waals surface area (Å²) < 4.78 is 11.6. The summed E-state index contributed by atoms with van der Waals surface area (Å²) in [6.07, 6.45) is -0.744. The number of nitrogens with one attached hydrogen (secondary N) is 1. The number of rotatable bonds is 10. The lowest BCUT2D eigenvalue weighted by Gasteiger charge is -2.16. The number of carboxylic acid groups (broad SMARTS) is 1. The van der Waals surface area contributed by atoms with Gasteiger partial charge in [-0.2, -0.15) is 0 Å². The molecule has 0 bridgehead atoms. The van der Waals surface area contributed by atoms with E-state index in [1.54, 1.807) is 30.3 Å². The van der Waals surface area contributed by atoms with Crippen LogP contribution in [0.3, 0.4) is 0 Å². The monoisotopic (exact) mass is 529 g/mol. The summed E-state index contributed by atoms with van der Waals surface area (Å²) in [6, 6.07) is 40.5. The summed E-state index contributed by atoms with van der Waals surface area (Å²) in [4.78, 5) is 24.6. The molecular formula is C34H27NO5. The topological polar surface area (TPSA) is 84.9 Å². The zero-order valence-electron chi connectivity index (χ0n) is 21.6. The van der Waals surface area contributed by atoms with E-state index in [1.807, 2.05) is 103 Å². The summed E-state index contributed by atoms with van der Waals surface area (Å²) in [5.74, 6) is 0.594. The average molecular weight is 530 g/mol. The normalized spacial score (nSPS) is 11.3. The molecule has 0 aliphatic carbocycles. The number of aliphatic carboxylic acids is 1. The summed E-state index contributed by atoms with van der Waals surface area (Å²) in [5.41, 5.74) is 3.83. The van der Waals surface area contributed by atoms with Crippen LogP contribution in [0.2, 0.25) is 0 Å². The van der Waals surface area contributed by atoms with Crippen LogP contribution in [0.4, 0.5) is 5.69 Å². The van der Waals surface area contributed by atoms with Gasteiger partial charge >= 0.3 is 5.97 Å². The third-order valence-corrected chi connectivity index (χ3v) is 6.22. The highest BCUT2D eigenvalue weighted by Crippen LogP contribution is 2.27. The van der Waals surface area contributed by atoms with Gasteiger partial charge in [-0.25, -0.2) is 4.79 Å². The fraction of sp³-hybridized carbons (Fsp3) is 0.0588. The number of para-hydroxylation sites is 1. The Kier molecular flexibility index (Phi) is 8.18. The number of hydrogen-bond donors (Lipinski definition) is 2. The molecule has 0 aromatic heterocycles. The van der Waals surface area contributed by atoms with E-state index in [-0.39, 0.29) is 12.3 Å². The lowest BCUT2D eigenvalue weighted by Crippen LogP contribution is -2.29. The van der Waals surface area contributed by atoms with Crippen LogP contribution in [-0.4, -0.2) is 23.1 Å². The minimum atomic E-state index is -1.02. The Hall–Kier alpha value is -5.36. The first-order valence-electron chi connectivity index (χ1n) is 12.8. The van der Waals surface area contributed by atoms with Gasteiger partial charge in [0.05, 0.1) is 0 Å². The highest BCUT2D eigenvalue weighted by molar-refractivity contribution is 6.04. The predicted molar refractivity (Wildman–Crippen MR) is 155 cm³/mol. The van der Waals surface area contributed by atoms with Crippen molar-refractivity contribution in [2.45, 2.75) is 12.5 Å². The minimum absolute atomic E-state index is 0.229. The number of carbonyl (C=O) groups excluding carboxylic acids is 1. The smallest absolute Gasteiger partial charge is 0.345 e. The molecule has 2 N–H and O–H groups in total. The maximum Gasteiger partial charge on any atom is 0.345 e. The van der Waals surface area contributed by atoms with Crippen molar-refractivity contribution in [3.8, 4) is 28.4 Å². The van der Waals surface area contributed by atoms with Crippen LogP contribution in [0.15, 0.2) is 133 Å². The minimum Gasteiger partial charge on any atom is -0.478 e. The molecule has 5 rings (SSSR count). The lowest BCUT2D eigenvalue weighted by molar-refractivity contribution is -0.145. The maximum atomic E-state index is 12.8. The van der Waals surface area contributed by atoms with E-state index in [1.165, 1.54) is 0 Å². The van der Waals surface area contributed by atoms with Crippen molar-refractivity contribution >= 4 is 17.6 Å². The van der Waals surface area contributed by atoms with E-state index < -0.39 is 12.1 Å². The zero-order chi connectivity index (χ0) is 27.7. The standard InChI is InChI=1S/C34H27NO5/c36-33(26-16-20-30(21-17-26)39-29-11-5-2-6-12-29)35-28-18-14-25(15-19-28)27-10-7-13-31(23-27)40-32(34(37)38)22-24-8-3-1-4-9-24/h1-21,23,32H,22H2,(H,35,36)(H,37,38). The van der Waals surface area contributed by atoms with Gasteiger partial charge in [-0.05, 0) is 77.4 Å². The van der Waals surface area contributed by atoms with E-state index in [0.717, 1.165) is 22.4 Å². The third kappa shape index (κ3) is 6.94. The zero-order valence-corrected chi connectivity index (χ0v) is 21.6. The molecule has 6 nitrogen and oxygen atoms in total. The molecular weight excluding hydrogens is 502 g/mol. The summed E-state index contributed by atoms with van der Waals surface area (Å²) in [6.45, 7) is 0. The van der Waals surface area contributed by atoms with Gasteiger partial charge in [0, 0.05) is 17.7 Å². The molecule has 198 valence electrons. The second-order valence-corrected chi connectivity index (χ2v) is 9.13. The summed E-state index contributed by atoms with van der Waals surface area (Å²) in [7, 11) is 0. The number of carbonyl (C=O) groups is 2. The maximum absolute atomic E-state index is 12.8. The second kappa shape index (κ2) is 12.5. The Balaban J connectivity index is 1.21. The van der Waals surface area contributed by atoms with Gasteiger partial charge in [-0.1, -0.05) is 72.8 Å². The van der Waals surface area contributed by atoms with Crippen LogP contribution >= 0.6 is 0 Å². The molecule has 0 aliphatic heterocycles. The lowest BCUT2D eigenvalue weighted by atomic mass is 10.0. The van der Waals surface area contributed by atoms with Gasteiger partial charge in [-0.15, -0.1) is 0 Å². The molecule has 6 heteroatoms. The first-order valence-corrected chi connectivity index (χ1v) is 12.8. The van der Waals surface area contributed by atoms with Gasteiger partial charge in [0.2, 0.25) is 0 Å². The molecule has 0 radical (unpaired) electrons.